The number of aryl methyl sites for hydroxylation is 1. The summed E-state index contributed by atoms with van der Waals surface area (Å²) < 4.78 is 13.2. The Bertz CT molecular complexity index is 1560. The standard InChI is InChI=1S/C33H33N3O3/c1-4-39-29-12-8-11-26(21-29)27-15-19-31-35-33(25-13-16-28(38-3)17-14-25)30(36(31)22-27)18-20-32(37)34-23(2)24-9-6-5-7-10-24/h5-17,19,21-23H,4,18,20H2,1-3H3,(H,34,37)/t23-/m0/s1. The number of hydrogen-bond donors (Lipinski definition) is 1. The van der Waals surface area contributed by atoms with Gasteiger partial charge in [0.2, 0.25) is 5.91 Å². The molecule has 0 radical (unpaired) electrons. The predicted octanol–water partition coefficient (Wildman–Crippen LogP) is 6.89. The summed E-state index contributed by atoms with van der Waals surface area (Å²) in [6.45, 7) is 4.60. The Labute approximate surface area is 229 Å². The number of fused-ring (bicyclic) bond motifs is 1. The SMILES string of the molecule is CCOc1cccc(-c2ccc3nc(-c4ccc(OC)cc4)c(CCC(=O)N[C@@H](C)c4ccccc4)n3c2)c1. The lowest BCUT2D eigenvalue weighted by molar-refractivity contribution is -0.121. The molecule has 2 aromatic heterocycles. The minimum Gasteiger partial charge on any atom is -0.497 e. The third kappa shape index (κ3) is 5.96. The molecule has 0 aliphatic rings. The molecular formula is C33H33N3O3. The van der Waals surface area contributed by atoms with Gasteiger partial charge in [-0.05, 0) is 85.5 Å². The van der Waals surface area contributed by atoms with Crippen LogP contribution in [0.4, 0.5) is 0 Å². The van der Waals surface area contributed by atoms with Crippen molar-refractivity contribution in [3.8, 4) is 33.9 Å². The summed E-state index contributed by atoms with van der Waals surface area (Å²) in [5, 5.41) is 3.14. The number of aromatic nitrogens is 2. The Kier molecular flexibility index (Phi) is 7.92. The van der Waals surface area contributed by atoms with E-state index >= 15 is 0 Å². The molecule has 5 rings (SSSR count). The molecule has 3 aromatic carbocycles. The first-order valence-corrected chi connectivity index (χ1v) is 13.3. The van der Waals surface area contributed by atoms with Crippen molar-refractivity contribution in [2.24, 2.45) is 0 Å². The fraction of sp³-hybridized carbons (Fsp3) is 0.212. The summed E-state index contributed by atoms with van der Waals surface area (Å²) in [6, 6.07) is 30.0. The van der Waals surface area contributed by atoms with E-state index in [1.54, 1.807) is 7.11 Å². The van der Waals surface area contributed by atoms with Gasteiger partial charge in [0.15, 0.2) is 0 Å². The number of benzene rings is 3. The Morgan fingerprint density at radius 2 is 1.67 bits per heavy atom. The first kappa shape index (κ1) is 26.0. The van der Waals surface area contributed by atoms with E-state index in [9.17, 15) is 4.79 Å². The molecule has 0 aliphatic heterocycles. The van der Waals surface area contributed by atoms with Crippen molar-refractivity contribution in [2.75, 3.05) is 13.7 Å². The number of rotatable bonds is 10. The molecule has 2 heterocycles. The molecule has 1 atom stereocenters. The molecule has 0 bridgehead atoms. The second-order valence-electron chi connectivity index (χ2n) is 9.44. The summed E-state index contributed by atoms with van der Waals surface area (Å²) >= 11 is 0. The maximum atomic E-state index is 13.0. The number of nitrogens with zero attached hydrogens (tertiary/aromatic N) is 2. The number of carbonyl (C=O) groups is 1. The molecule has 1 N–H and O–H groups in total. The van der Waals surface area contributed by atoms with Crippen molar-refractivity contribution in [3.05, 3.63) is 108 Å². The van der Waals surface area contributed by atoms with Crippen LogP contribution in [0.3, 0.4) is 0 Å². The Morgan fingerprint density at radius 1 is 0.897 bits per heavy atom. The summed E-state index contributed by atoms with van der Waals surface area (Å²) in [5.41, 5.74) is 6.85. The number of amides is 1. The molecular weight excluding hydrogens is 486 g/mol. The third-order valence-corrected chi connectivity index (χ3v) is 6.83. The van der Waals surface area contributed by atoms with Crippen molar-refractivity contribution >= 4 is 11.6 Å². The van der Waals surface area contributed by atoms with E-state index in [2.05, 4.69) is 28.0 Å². The van der Waals surface area contributed by atoms with E-state index in [0.29, 0.717) is 19.4 Å². The van der Waals surface area contributed by atoms with Crippen LogP contribution in [0.15, 0.2) is 97.2 Å². The summed E-state index contributed by atoms with van der Waals surface area (Å²) in [4.78, 5) is 18.0. The molecule has 5 aromatic rings. The maximum Gasteiger partial charge on any atom is 0.220 e. The van der Waals surface area contributed by atoms with Gasteiger partial charge in [-0.1, -0.05) is 42.5 Å². The fourth-order valence-electron chi connectivity index (χ4n) is 4.79. The highest BCUT2D eigenvalue weighted by atomic mass is 16.5. The van der Waals surface area contributed by atoms with E-state index in [1.165, 1.54) is 0 Å². The average molecular weight is 520 g/mol. The van der Waals surface area contributed by atoms with E-state index in [0.717, 1.165) is 50.8 Å². The molecule has 0 aliphatic carbocycles. The van der Waals surface area contributed by atoms with Crippen LogP contribution in [0.2, 0.25) is 0 Å². The van der Waals surface area contributed by atoms with Gasteiger partial charge in [-0.15, -0.1) is 0 Å². The zero-order valence-corrected chi connectivity index (χ0v) is 22.6. The molecule has 0 fully saturated rings. The molecule has 0 saturated heterocycles. The van der Waals surface area contributed by atoms with E-state index in [4.69, 9.17) is 14.5 Å². The van der Waals surface area contributed by atoms with Crippen LogP contribution >= 0.6 is 0 Å². The van der Waals surface area contributed by atoms with Crippen molar-refractivity contribution in [2.45, 2.75) is 32.7 Å². The number of imidazole rings is 1. The lowest BCUT2D eigenvalue weighted by Gasteiger charge is -2.14. The molecule has 0 unspecified atom stereocenters. The number of methoxy groups -OCH3 is 1. The van der Waals surface area contributed by atoms with Gasteiger partial charge in [-0.3, -0.25) is 4.79 Å². The Balaban J connectivity index is 1.48. The summed E-state index contributed by atoms with van der Waals surface area (Å²) in [6.07, 6.45) is 2.98. The van der Waals surface area contributed by atoms with Gasteiger partial charge in [0, 0.05) is 18.2 Å². The van der Waals surface area contributed by atoms with Crippen LogP contribution in [0.25, 0.3) is 28.0 Å². The lowest BCUT2D eigenvalue weighted by atomic mass is 10.1. The van der Waals surface area contributed by atoms with Crippen LogP contribution < -0.4 is 14.8 Å². The molecule has 6 nitrogen and oxygen atoms in total. The van der Waals surface area contributed by atoms with Crippen LogP contribution in [0.5, 0.6) is 11.5 Å². The zero-order valence-electron chi connectivity index (χ0n) is 22.6. The van der Waals surface area contributed by atoms with Gasteiger partial charge in [0.25, 0.3) is 0 Å². The minimum absolute atomic E-state index is 0.00236. The fourth-order valence-corrected chi connectivity index (χ4v) is 4.79. The normalized spacial score (nSPS) is 11.8. The maximum absolute atomic E-state index is 13.0. The number of pyridine rings is 1. The number of nitrogens with one attached hydrogen (secondary N) is 1. The summed E-state index contributed by atoms with van der Waals surface area (Å²) in [5.74, 6) is 1.63. The molecule has 0 saturated carbocycles. The Morgan fingerprint density at radius 3 is 2.41 bits per heavy atom. The van der Waals surface area contributed by atoms with Crippen LogP contribution in [-0.2, 0) is 11.2 Å². The molecule has 39 heavy (non-hydrogen) atoms. The second kappa shape index (κ2) is 11.9. The number of hydrogen-bond acceptors (Lipinski definition) is 4. The quantitative estimate of drug-likeness (QED) is 0.218. The highest BCUT2D eigenvalue weighted by molar-refractivity contribution is 5.77. The van der Waals surface area contributed by atoms with Crippen molar-refractivity contribution in [1.82, 2.24) is 14.7 Å². The van der Waals surface area contributed by atoms with Gasteiger partial charge in [-0.2, -0.15) is 0 Å². The van der Waals surface area contributed by atoms with E-state index < -0.39 is 0 Å². The van der Waals surface area contributed by atoms with Crippen LogP contribution in [0, 0.1) is 0 Å². The first-order valence-electron chi connectivity index (χ1n) is 13.3. The molecule has 198 valence electrons. The van der Waals surface area contributed by atoms with E-state index in [1.807, 2.05) is 92.7 Å². The number of carbonyl (C=O) groups excluding carboxylic acids is 1. The second-order valence-corrected chi connectivity index (χ2v) is 9.44. The smallest absolute Gasteiger partial charge is 0.220 e. The van der Waals surface area contributed by atoms with E-state index in [-0.39, 0.29) is 11.9 Å². The van der Waals surface area contributed by atoms with Crippen LogP contribution in [-0.4, -0.2) is 29.0 Å². The predicted molar refractivity (Wildman–Crippen MR) is 155 cm³/mol. The van der Waals surface area contributed by atoms with Crippen molar-refractivity contribution in [1.29, 1.82) is 0 Å². The lowest BCUT2D eigenvalue weighted by Crippen LogP contribution is -2.26. The van der Waals surface area contributed by atoms with Gasteiger partial charge in [0.05, 0.1) is 31.1 Å². The molecule has 0 spiro atoms. The van der Waals surface area contributed by atoms with Crippen molar-refractivity contribution in [3.63, 3.8) is 0 Å². The monoisotopic (exact) mass is 519 g/mol. The highest BCUT2D eigenvalue weighted by Crippen LogP contribution is 2.30. The third-order valence-electron chi connectivity index (χ3n) is 6.83. The first-order chi connectivity index (χ1) is 19.1. The average Bonchev–Trinajstić information content (AvgIpc) is 3.34. The summed E-state index contributed by atoms with van der Waals surface area (Å²) in [7, 11) is 1.66. The van der Waals surface area contributed by atoms with Gasteiger partial charge in [-0.25, -0.2) is 4.98 Å². The zero-order chi connectivity index (χ0) is 27.2. The highest BCUT2D eigenvalue weighted by Gasteiger charge is 2.17. The number of ether oxygens (including phenoxy) is 2. The Hall–Kier alpha value is -4.58. The van der Waals surface area contributed by atoms with Crippen molar-refractivity contribution < 1.29 is 14.3 Å². The van der Waals surface area contributed by atoms with Gasteiger partial charge < -0.3 is 19.2 Å². The molecule has 1 amide bonds. The largest absolute Gasteiger partial charge is 0.497 e. The van der Waals surface area contributed by atoms with Gasteiger partial charge in [0.1, 0.15) is 17.1 Å². The van der Waals surface area contributed by atoms with Gasteiger partial charge >= 0.3 is 0 Å². The topological polar surface area (TPSA) is 64.9 Å². The minimum atomic E-state index is -0.0637. The van der Waals surface area contributed by atoms with Crippen LogP contribution in [0.1, 0.15) is 37.6 Å². The molecule has 6 heteroatoms.